The first-order valence-corrected chi connectivity index (χ1v) is 21.0. The van der Waals surface area contributed by atoms with Crippen LogP contribution >= 0.6 is 11.3 Å². The van der Waals surface area contributed by atoms with Gasteiger partial charge in [0.15, 0.2) is 11.6 Å². The predicted molar refractivity (Wildman–Crippen MR) is 252 cm³/mol. The summed E-state index contributed by atoms with van der Waals surface area (Å²) < 4.78 is 4.81. The van der Waals surface area contributed by atoms with Crippen molar-refractivity contribution in [3.63, 3.8) is 0 Å². The standard InChI is InChI=1S/C55H34N4S/c1-3-12-35(13-4-1)37-22-26-40(27-23-37)53-56-54(41-28-24-38(25-29-41)36-14-5-2-6-15-36)58-55(57-53)59-48-21-10-9-18-45(48)46-20-11-19-44(52(46)59)42-30-32-47-50(34-42)60-49-33-31-39-16-7-8-17-43(39)51(47)49/h1-34H. The maximum absolute atomic E-state index is 5.32. The van der Waals surface area contributed by atoms with Gasteiger partial charge in [0.25, 0.3) is 0 Å². The first kappa shape index (κ1) is 34.3. The zero-order chi connectivity index (χ0) is 39.6. The van der Waals surface area contributed by atoms with Crippen molar-refractivity contribution in [3.05, 3.63) is 206 Å². The van der Waals surface area contributed by atoms with Crippen LogP contribution in [0.4, 0.5) is 0 Å². The van der Waals surface area contributed by atoms with E-state index in [2.05, 4.69) is 199 Å². The maximum Gasteiger partial charge on any atom is 0.238 e. The summed E-state index contributed by atoms with van der Waals surface area (Å²) in [7, 11) is 0. The molecular weight excluding hydrogens is 749 g/mol. The van der Waals surface area contributed by atoms with E-state index in [1.807, 2.05) is 23.5 Å². The maximum atomic E-state index is 5.32. The van der Waals surface area contributed by atoms with Crippen LogP contribution in [-0.4, -0.2) is 19.5 Å². The molecule has 5 heteroatoms. The monoisotopic (exact) mass is 782 g/mol. The number of hydrogen-bond donors (Lipinski definition) is 0. The molecule has 0 fully saturated rings. The number of para-hydroxylation sites is 2. The van der Waals surface area contributed by atoms with Crippen molar-refractivity contribution in [2.24, 2.45) is 0 Å². The van der Waals surface area contributed by atoms with Crippen LogP contribution in [0.25, 0.3) is 115 Å². The lowest BCUT2D eigenvalue weighted by Gasteiger charge is -2.13. The Balaban J connectivity index is 1.07. The molecule has 0 aliphatic heterocycles. The molecule has 12 aromatic rings. The Morgan fingerprint density at radius 1 is 0.350 bits per heavy atom. The summed E-state index contributed by atoms with van der Waals surface area (Å²) in [6.07, 6.45) is 0. The van der Waals surface area contributed by atoms with Gasteiger partial charge < -0.3 is 0 Å². The molecule has 3 aromatic heterocycles. The van der Waals surface area contributed by atoms with E-state index in [9.17, 15) is 0 Å². The summed E-state index contributed by atoms with van der Waals surface area (Å²) in [4.78, 5) is 15.8. The molecule has 0 spiro atoms. The van der Waals surface area contributed by atoms with Gasteiger partial charge >= 0.3 is 0 Å². The van der Waals surface area contributed by atoms with E-state index in [0.717, 1.165) is 55.2 Å². The van der Waals surface area contributed by atoms with Gasteiger partial charge in [-0.3, -0.25) is 4.57 Å². The Labute approximate surface area is 350 Å². The van der Waals surface area contributed by atoms with Gasteiger partial charge in [-0.25, -0.2) is 4.98 Å². The summed E-state index contributed by atoms with van der Waals surface area (Å²) >= 11 is 1.85. The van der Waals surface area contributed by atoms with Crippen LogP contribution in [0.15, 0.2) is 206 Å². The third-order valence-electron chi connectivity index (χ3n) is 11.7. The van der Waals surface area contributed by atoms with Crippen LogP contribution in [0.1, 0.15) is 0 Å². The van der Waals surface area contributed by atoms with E-state index in [1.54, 1.807) is 0 Å². The summed E-state index contributed by atoms with van der Waals surface area (Å²) in [6.45, 7) is 0. The Kier molecular flexibility index (Phi) is 8.00. The van der Waals surface area contributed by atoms with Gasteiger partial charge in [-0.05, 0) is 56.8 Å². The molecule has 60 heavy (non-hydrogen) atoms. The van der Waals surface area contributed by atoms with E-state index in [4.69, 9.17) is 15.0 Å². The van der Waals surface area contributed by atoms with Crippen LogP contribution in [0.2, 0.25) is 0 Å². The SMILES string of the molecule is c1ccc(-c2ccc(-c3nc(-c4ccc(-c5ccccc5)cc4)nc(-n4c5ccccc5c5cccc(-c6ccc7c(c6)sc6ccc8ccccc8c67)c54)n3)cc2)cc1. The highest BCUT2D eigenvalue weighted by atomic mass is 32.1. The Bertz CT molecular complexity index is 3470. The molecule has 0 aliphatic carbocycles. The quantitative estimate of drug-likeness (QED) is 0.169. The van der Waals surface area contributed by atoms with Crippen LogP contribution < -0.4 is 0 Å². The molecule has 0 atom stereocenters. The van der Waals surface area contributed by atoms with Crippen LogP contribution in [-0.2, 0) is 0 Å². The number of hydrogen-bond acceptors (Lipinski definition) is 4. The Morgan fingerprint density at radius 3 is 1.58 bits per heavy atom. The lowest BCUT2D eigenvalue weighted by atomic mass is 9.99. The first-order chi connectivity index (χ1) is 29.7. The summed E-state index contributed by atoms with van der Waals surface area (Å²) in [5.74, 6) is 1.80. The van der Waals surface area contributed by atoms with Gasteiger partial charge in [-0.2, -0.15) is 9.97 Å². The van der Waals surface area contributed by atoms with Crippen molar-refractivity contribution in [1.82, 2.24) is 19.5 Å². The third-order valence-corrected chi connectivity index (χ3v) is 12.8. The van der Waals surface area contributed by atoms with Gasteiger partial charge in [0, 0.05) is 47.6 Å². The summed E-state index contributed by atoms with van der Waals surface area (Å²) in [6, 6.07) is 73.3. The van der Waals surface area contributed by atoms with Crippen LogP contribution in [0, 0.1) is 0 Å². The molecule has 12 rings (SSSR count). The van der Waals surface area contributed by atoms with Crippen molar-refractivity contribution in [3.8, 4) is 62.1 Å². The largest absolute Gasteiger partial charge is 0.277 e. The van der Waals surface area contributed by atoms with Gasteiger partial charge in [0.05, 0.1) is 11.0 Å². The normalized spacial score (nSPS) is 11.7. The fourth-order valence-electron chi connectivity index (χ4n) is 8.78. The molecule has 0 saturated carbocycles. The fourth-order valence-corrected chi connectivity index (χ4v) is 9.94. The van der Waals surface area contributed by atoms with E-state index in [-0.39, 0.29) is 0 Å². The minimum atomic E-state index is 0.572. The van der Waals surface area contributed by atoms with E-state index in [0.29, 0.717) is 17.6 Å². The molecule has 0 amide bonds. The molecule has 0 aliphatic rings. The van der Waals surface area contributed by atoms with Crippen molar-refractivity contribution in [1.29, 1.82) is 0 Å². The molecule has 9 aromatic carbocycles. The number of aromatic nitrogens is 4. The second-order valence-corrected chi connectivity index (χ2v) is 16.3. The van der Waals surface area contributed by atoms with Crippen molar-refractivity contribution >= 4 is 64.1 Å². The topological polar surface area (TPSA) is 43.6 Å². The number of rotatable bonds is 6. The van der Waals surface area contributed by atoms with Crippen molar-refractivity contribution in [2.75, 3.05) is 0 Å². The molecule has 4 nitrogen and oxygen atoms in total. The second kappa shape index (κ2) is 14.0. The predicted octanol–water partition coefficient (Wildman–Crippen LogP) is 14.8. The Hall–Kier alpha value is -7.73. The Morgan fingerprint density at radius 2 is 0.900 bits per heavy atom. The molecule has 0 saturated heterocycles. The molecule has 0 bridgehead atoms. The van der Waals surface area contributed by atoms with Gasteiger partial charge in [-0.1, -0.05) is 188 Å². The number of fused-ring (bicyclic) bond motifs is 8. The first-order valence-electron chi connectivity index (χ1n) is 20.2. The van der Waals surface area contributed by atoms with Crippen molar-refractivity contribution < 1.29 is 0 Å². The fraction of sp³-hybridized carbons (Fsp3) is 0. The van der Waals surface area contributed by atoms with Crippen LogP contribution in [0.5, 0.6) is 0 Å². The van der Waals surface area contributed by atoms with Gasteiger partial charge in [0.2, 0.25) is 5.95 Å². The highest BCUT2D eigenvalue weighted by Gasteiger charge is 2.21. The molecule has 0 N–H and O–H groups in total. The number of nitrogens with zero attached hydrogens (tertiary/aromatic N) is 4. The van der Waals surface area contributed by atoms with E-state index < -0.39 is 0 Å². The average molecular weight is 783 g/mol. The molecule has 280 valence electrons. The minimum absolute atomic E-state index is 0.572. The highest BCUT2D eigenvalue weighted by Crippen LogP contribution is 2.43. The zero-order valence-corrected chi connectivity index (χ0v) is 33.1. The highest BCUT2D eigenvalue weighted by molar-refractivity contribution is 7.26. The number of thiophene rings is 1. The molecule has 0 unspecified atom stereocenters. The smallest absolute Gasteiger partial charge is 0.238 e. The van der Waals surface area contributed by atoms with Crippen molar-refractivity contribution in [2.45, 2.75) is 0 Å². The molecule has 0 radical (unpaired) electrons. The van der Waals surface area contributed by atoms with E-state index in [1.165, 1.54) is 42.1 Å². The lowest BCUT2D eigenvalue weighted by molar-refractivity contribution is 0.954. The van der Waals surface area contributed by atoms with Crippen LogP contribution in [0.3, 0.4) is 0 Å². The van der Waals surface area contributed by atoms with E-state index >= 15 is 0 Å². The molecular formula is C55H34N4S. The van der Waals surface area contributed by atoms with Gasteiger partial charge in [-0.15, -0.1) is 11.3 Å². The molecule has 3 heterocycles. The zero-order valence-electron chi connectivity index (χ0n) is 32.3. The summed E-state index contributed by atoms with van der Waals surface area (Å²) in [5.41, 5.74) is 10.8. The third kappa shape index (κ3) is 5.70. The van der Waals surface area contributed by atoms with Gasteiger partial charge in [0.1, 0.15) is 0 Å². The average Bonchev–Trinajstić information content (AvgIpc) is 3.88. The second-order valence-electron chi connectivity index (χ2n) is 15.2. The minimum Gasteiger partial charge on any atom is -0.277 e. The lowest BCUT2D eigenvalue weighted by Crippen LogP contribution is -2.07. The summed E-state index contributed by atoms with van der Waals surface area (Å²) in [5, 5.41) is 7.46. The number of benzene rings is 9.